The number of ether oxygens (including phenoxy) is 1. The first-order valence-electron chi connectivity index (χ1n) is 14.0. The first-order valence-corrected chi connectivity index (χ1v) is 14.0. The van der Waals surface area contributed by atoms with Crippen molar-refractivity contribution in [2.45, 2.75) is 75.6 Å². The standard InChI is InChI=1S/C31H35F3N2O/c1-19-11-25-24-6-3-2-5-21(24)12-26(25)30(36(19)31-15-20(16-31)17-31)29-27(33)13-23(14-28(29)34)37-22-7-10-35(18-22)9-4-8-32/h2-3,5-6,13-14,19-20,22,30H,4,7-12,15-18H2,1H3/t19-,20?,22-,30+,31?/m1/s1. The lowest BCUT2D eigenvalue weighted by Gasteiger charge is -2.70. The first kappa shape index (κ1) is 23.8. The molecule has 0 unspecified atom stereocenters. The molecule has 0 radical (unpaired) electrons. The molecular formula is C31H35F3N2O. The molecular weight excluding hydrogens is 473 g/mol. The molecule has 3 nitrogen and oxygen atoms in total. The minimum atomic E-state index is -0.513. The van der Waals surface area contributed by atoms with Gasteiger partial charge in [-0.1, -0.05) is 24.3 Å². The molecule has 8 rings (SSSR count). The number of alkyl halides is 1. The summed E-state index contributed by atoms with van der Waals surface area (Å²) in [6.07, 6.45) is 6.29. The van der Waals surface area contributed by atoms with Crippen molar-refractivity contribution in [3.05, 3.63) is 70.3 Å². The lowest BCUT2D eigenvalue weighted by Crippen LogP contribution is -2.71. The van der Waals surface area contributed by atoms with Gasteiger partial charge in [-0.25, -0.2) is 8.78 Å². The van der Waals surface area contributed by atoms with Crippen molar-refractivity contribution in [1.29, 1.82) is 0 Å². The van der Waals surface area contributed by atoms with Crippen LogP contribution < -0.4 is 4.74 Å². The summed E-state index contributed by atoms with van der Waals surface area (Å²) in [6.45, 7) is 4.08. The fourth-order valence-corrected chi connectivity index (χ4v) is 8.04. The Labute approximate surface area is 217 Å². The number of hydrogen-bond donors (Lipinski definition) is 0. The summed E-state index contributed by atoms with van der Waals surface area (Å²) in [4.78, 5) is 4.64. The first-order chi connectivity index (χ1) is 18.0. The fraction of sp³-hybridized carbons (Fsp3) is 0.548. The zero-order chi connectivity index (χ0) is 25.3. The number of likely N-dealkylation sites (tertiary alicyclic amines) is 1. The van der Waals surface area contributed by atoms with Gasteiger partial charge in [-0.3, -0.25) is 14.2 Å². The molecule has 2 bridgehead atoms. The normalized spacial score (nSPS) is 32.6. The highest BCUT2D eigenvalue weighted by Gasteiger charge is 2.63. The highest BCUT2D eigenvalue weighted by Crippen LogP contribution is 2.65. The minimum Gasteiger partial charge on any atom is -0.489 e. The number of hydrogen-bond acceptors (Lipinski definition) is 3. The molecule has 6 aliphatic rings. The molecule has 1 saturated heterocycles. The van der Waals surface area contributed by atoms with Gasteiger partial charge in [-0.15, -0.1) is 0 Å². The van der Waals surface area contributed by atoms with E-state index >= 15 is 8.78 Å². The molecule has 2 heterocycles. The maximum atomic E-state index is 16.0. The van der Waals surface area contributed by atoms with E-state index in [1.54, 1.807) is 0 Å². The molecule has 0 amide bonds. The van der Waals surface area contributed by atoms with Gasteiger partial charge in [-0.2, -0.15) is 0 Å². The third-order valence-electron chi connectivity index (χ3n) is 9.71. The average Bonchev–Trinajstić information content (AvgIpc) is 3.41. The van der Waals surface area contributed by atoms with Crippen LogP contribution in [0.3, 0.4) is 0 Å². The Bertz CT molecular complexity index is 1220. The Hall–Kier alpha value is -2.31. The van der Waals surface area contributed by atoms with Gasteiger partial charge < -0.3 is 4.74 Å². The number of rotatable bonds is 7. The van der Waals surface area contributed by atoms with Gasteiger partial charge in [-0.05, 0) is 80.1 Å². The van der Waals surface area contributed by atoms with Crippen molar-refractivity contribution in [2.24, 2.45) is 5.92 Å². The van der Waals surface area contributed by atoms with E-state index in [-0.39, 0.29) is 41.7 Å². The quantitative estimate of drug-likeness (QED) is 0.426. The molecule has 3 saturated carbocycles. The van der Waals surface area contributed by atoms with Crippen LogP contribution in [0.4, 0.5) is 13.2 Å². The Kier molecular flexibility index (Phi) is 5.70. The number of nitrogens with zero attached hydrogens (tertiary/aromatic N) is 2. The summed E-state index contributed by atoms with van der Waals surface area (Å²) in [5, 5.41) is 0. The third kappa shape index (κ3) is 3.77. The lowest BCUT2D eigenvalue weighted by atomic mass is 9.48. The van der Waals surface area contributed by atoms with Crippen LogP contribution in [0.15, 0.2) is 42.0 Å². The number of benzene rings is 2. The lowest BCUT2D eigenvalue weighted by molar-refractivity contribution is -0.173. The van der Waals surface area contributed by atoms with Crippen LogP contribution in [0.25, 0.3) is 5.57 Å². The van der Waals surface area contributed by atoms with Gasteiger partial charge in [0.2, 0.25) is 0 Å². The zero-order valence-corrected chi connectivity index (χ0v) is 21.5. The Morgan fingerprint density at radius 3 is 2.54 bits per heavy atom. The van der Waals surface area contributed by atoms with Crippen molar-refractivity contribution < 1.29 is 17.9 Å². The molecule has 196 valence electrons. The Morgan fingerprint density at radius 1 is 1.08 bits per heavy atom. The highest BCUT2D eigenvalue weighted by molar-refractivity contribution is 5.79. The summed E-state index contributed by atoms with van der Waals surface area (Å²) in [5.41, 5.74) is 5.25. The summed E-state index contributed by atoms with van der Waals surface area (Å²) in [5.74, 6) is 0.00727. The summed E-state index contributed by atoms with van der Waals surface area (Å²) < 4.78 is 50.6. The summed E-state index contributed by atoms with van der Waals surface area (Å²) in [7, 11) is 0. The molecule has 6 heteroatoms. The van der Waals surface area contributed by atoms with E-state index in [1.807, 2.05) is 0 Å². The van der Waals surface area contributed by atoms with Crippen molar-refractivity contribution in [3.8, 4) is 5.75 Å². The van der Waals surface area contributed by atoms with Gasteiger partial charge in [0.25, 0.3) is 0 Å². The van der Waals surface area contributed by atoms with Gasteiger partial charge in [0, 0.05) is 48.9 Å². The Morgan fingerprint density at radius 2 is 1.84 bits per heavy atom. The van der Waals surface area contributed by atoms with Crippen LogP contribution in [-0.4, -0.2) is 53.8 Å². The molecule has 4 aliphatic carbocycles. The molecule has 2 aromatic carbocycles. The second kappa shape index (κ2) is 8.88. The zero-order valence-electron chi connectivity index (χ0n) is 21.5. The third-order valence-corrected chi connectivity index (χ3v) is 9.71. The molecule has 2 aliphatic heterocycles. The van der Waals surface area contributed by atoms with Crippen LogP contribution in [0.1, 0.15) is 68.2 Å². The topological polar surface area (TPSA) is 15.7 Å². The van der Waals surface area contributed by atoms with Crippen LogP contribution in [0.5, 0.6) is 5.75 Å². The van der Waals surface area contributed by atoms with Crippen LogP contribution >= 0.6 is 0 Å². The summed E-state index contributed by atoms with van der Waals surface area (Å²) >= 11 is 0. The molecule has 0 N–H and O–H groups in total. The predicted octanol–water partition coefficient (Wildman–Crippen LogP) is 6.48. The monoisotopic (exact) mass is 508 g/mol. The van der Waals surface area contributed by atoms with E-state index in [9.17, 15) is 4.39 Å². The van der Waals surface area contributed by atoms with E-state index in [4.69, 9.17) is 4.74 Å². The van der Waals surface area contributed by atoms with Crippen molar-refractivity contribution >= 4 is 5.57 Å². The molecule has 0 aromatic heterocycles. The molecule has 37 heavy (non-hydrogen) atoms. The highest BCUT2D eigenvalue weighted by atomic mass is 19.1. The molecule has 2 aromatic rings. The molecule has 0 spiro atoms. The SMILES string of the molecule is C[C@@H]1CC2=C(Cc3ccccc32)[C@@H](c2c(F)cc(O[C@@H]3CCN(CCCF)C3)cc2F)N1C12CC(C1)C2. The van der Waals surface area contributed by atoms with Crippen molar-refractivity contribution in [2.75, 3.05) is 26.3 Å². The van der Waals surface area contributed by atoms with Gasteiger partial charge >= 0.3 is 0 Å². The largest absolute Gasteiger partial charge is 0.489 e. The second-order valence-corrected chi connectivity index (χ2v) is 12.1. The number of halogens is 3. The van der Waals surface area contributed by atoms with E-state index in [0.29, 0.717) is 19.5 Å². The van der Waals surface area contributed by atoms with Crippen molar-refractivity contribution in [3.63, 3.8) is 0 Å². The van der Waals surface area contributed by atoms with Gasteiger partial charge in [0.05, 0.1) is 12.7 Å². The molecule has 3 atom stereocenters. The summed E-state index contributed by atoms with van der Waals surface area (Å²) in [6, 6.07) is 11.1. The van der Waals surface area contributed by atoms with Crippen LogP contribution in [0, 0.1) is 17.6 Å². The average molecular weight is 509 g/mol. The van der Waals surface area contributed by atoms with Crippen molar-refractivity contribution in [1.82, 2.24) is 9.80 Å². The van der Waals surface area contributed by atoms with Gasteiger partial charge in [0.15, 0.2) is 0 Å². The molecule has 4 fully saturated rings. The number of fused-ring (bicyclic) bond motifs is 2. The van der Waals surface area contributed by atoms with E-state index in [2.05, 4.69) is 41.0 Å². The van der Waals surface area contributed by atoms with E-state index in [1.165, 1.54) is 34.4 Å². The Balaban J connectivity index is 1.22. The van der Waals surface area contributed by atoms with Crippen LogP contribution in [-0.2, 0) is 6.42 Å². The fourth-order valence-electron chi connectivity index (χ4n) is 8.04. The van der Waals surface area contributed by atoms with Gasteiger partial charge in [0.1, 0.15) is 23.5 Å². The maximum absolute atomic E-state index is 16.0. The predicted molar refractivity (Wildman–Crippen MR) is 138 cm³/mol. The smallest absolute Gasteiger partial charge is 0.134 e. The van der Waals surface area contributed by atoms with Crippen LogP contribution in [0.2, 0.25) is 0 Å². The van der Waals surface area contributed by atoms with E-state index < -0.39 is 11.6 Å². The van der Waals surface area contributed by atoms with E-state index in [0.717, 1.165) is 51.0 Å². The second-order valence-electron chi connectivity index (χ2n) is 12.1. The minimum absolute atomic E-state index is 0.0863. The maximum Gasteiger partial charge on any atom is 0.134 e.